The Labute approximate surface area is 217 Å². The monoisotopic (exact) mass is 538 g/mol. The number of halogens is 1. The van der Waals surface area contributed by atoms with Crippen molar-refractivity contribution in [3.05, 3.63) is 106 Å². The Hall–Kier alpha value is -2.02. The summed E-state index contributed by atoms with van der Waals surface area (Å²) in [7, 11) is 0. The Morgan fingerprint density at radius 2 is 1.51 bits per heavy atom. The Morgan fingerprint density at radius 3 is 2.14 bits per heavy atom. The lowest BCUT2D eigenvalue weighted by atomic mass is 9.79. The third-order valence-corrected chi connectivity index (χ3v) is 7.62. The van der Waals surface area contributed by atoms with E-state index in [1.54, 1.807) is 0 Å². The molecule has 0 amide bonds. The van der Waals surface area contributed by atoms with E-state index in [-0.39, 0.29) is 24.0 Å². The fraction of sp³-hybridized carbons (Fsp3) is 0.400. The molecule has 0 aliphatic carbocycles. The molecule has 1 aliphatic rings. The van der Waals surface area contributed by atoms with Gasteiger partial charge < -0.3 is 19.3 Å². The fourth-order valence-electron chi connectivity index (χ4n) is 4.81. The first kappa shape index (κ1) is 26.1. The van der Waals surface area contributed by atoms with Gasteiger partial charge in [-0.25, -0.2) is 0 Å². The molecule has 3 aromatic rings. The van der Waals surface area contributed by atoms with E-state index in [4.69, 9.17) is 14.2 Å². The standard InChI is InChI=1S/C30H35BrO4/c1-20-16-25(31)14-15-26(20)28(32)30-29(34-18-24-12-8-5-9-13-24)22(3)21(2)27(35-30)19-33-17-23-10-6-4-7-11-23/h4-16,21-22,27-30,32H,17-19H2,1-3H3/t21-,22-,27?,28-,29?,30+/m0/s1. The second kappa shape index (κ2) is 12.3. The van der Waals surface area contributed by atoms with Gasteiger partial charge in [0.15, 0.2) is 0 Å². The van der Waals surface area contributed by atoms with Crippen LogP contribution in [0.3, 0.4) is 0 Å². The molecule has 0 bridgehead atoms. The zero-order chi connectivity index (χ0) is 24.8. The number of ether oxygens (including phenoxy) is 3. The lowest BCUT2D eigenvalue weighted by Gasteiger charge is -2.46. The molecule has 0 saturated carbocycles. The molecule has 0 spiro atoms. The lowest BCUT2D eigenvalue weighted by molar-refractivity contribution is -0.230. The van der Waals surface area contributed by atoms with Gasteiger partial charge in [-0.05, 0) is 53.1 Å². The Balaban J connectivity index is 1.52. The van der Waals surface area contributed by atoms with Crippen LogP contribution in [0, 0.1) is 18.8 Å². The summed E-state index contributed by atoms with van der Waals surface area (Å²) in [5.41, 5.74) is 4.11. The highest BCUT2D eigenvalue weighted by Crippen LogP contribution is 2.39. The molecule has 1 saturated heterocycles. The van der Waals surface area contributed by atoms with Crippen LogP contribution >= 0.6 is 15.9 Å². The van der Waals surface area contributed by atoms with Crippen molar-refractivity contribution in [1.82, 2.24) is 0 Å². The molecule has 1 fully saturated rings. The van der Waals surface area contributed by atoms with Crippen molar-refractivity contribution in [3.8, 4) is 0 Å². The first-order valence-corrected chi connectivity index (χ1v) is 13.1. The molecule has 0 aromatic heterocycles. The van der Waals surface area contributed by atoms with Crippen molar-refractivity contribution in [2.45, 2.75) is 58.4 Å². The summed E-state index contributed by atoms with van der Waals surface area (Å²) in [5.74, 6) is 0.384. The number of hydrogen-bond donors (Lipinski definition) is 1. The molecule has 0 radical (unpaired) electrons. The highest BCUT2D eigenvalue weighted by atomic mass is 79.9. The van der Waals surface area contributed by atoms with Gasteiger partial charge in [0.2, 0.25) is 0 Å². The predicted molar refractivity (Wildman–Crippen MR) is 142 cm³/mol. The molecule has 2 unspecified atom stereocenters. The number of hydrogen-bond acceptors (Lipinski definition) is 4. The summed E-state index contributed by atoms with van der Waals surface area (Å²) < 4.78 is 20.1. The largest absolute Gasteiger partial charge is 0.386 e. The first-order chi connectivity index (χ1) is 16.9. The molecule has 4 rings (SSSR count). The smallest absolute Gasteiger partial charge is 0.114 e. The molecular formula is C30H35BrO4. The minimum absolute atomic E-state index is 0.138. The lowest BCUT2D eigenvalue weighted by Crippen LogP contribution is -2.53. The van der Waals surface area contributed by atoms with Crippen molar-refractivity contribution in [2.75, 3.05) is 6.61 Å². The molecular weight excluding hydrogens is 504 g/mol. The summed E-state index contributed by atoms with van der Waals surface area (Å²) in [4.78, 5) is 0. The van der Waals surface area contributed by atoms with Gasteiger partial charge in [-0.3, -0.25) is 0 Å². The van der Waals surface area contributed by atoms with Gasteiger partial charge in [-0.2, -0.15) is 0 Å². The van der Waals surface area contributed by atoms with Gasteiger partial charge in [0, 0.05) is 4.47 Å². The number of rotatable bonds is 9. The Kier molecular flexibility index (Phi) is 9.15. The quantitative estimate of drug-likeness (QED) is 0.332. The number of aliphatic hydroxyl groups excluding tert-OH is 1. The van der Waals surface area contributed by atoms with Gasteiger partial charge >= 0.3 is 0 Å². The van der Waals surface area contributed by atoms with Crippen LogP contribution in [0.5, 0.6) is 0 Å². The van der Waals surface area contributed by atoms with Gasteiger partial charge in [0.05, 0.1) is 32.0 Å². The van der Waals surface area contributed by atoms with Crippen LogP contribution < -0.4 is 0 Å². The summed E-state index contributed by atoms with van der Waals surface area (Å²) in [6.07, 6.45) is -1.71. The minimum atomic E-state index is -0.810. The molecule has 35 heavy (non-hydrogen) atoms. The van der Waals surface area contributed by atoms with Crippen LogP contribution in [0.4, 0.5) is 0 Å². The highest BCUT2D eigenvalue weighted by Gasteiger charge is 2.45. The Morgan fingerprint density at radius 1 is 0.886 bits per heavy atom. The summed E-state index contributed by atoms with van der Waals surface area (Å²) in [6, 6.07) is 26.2. The Bertz CT molecular complexity index is 1060. The molecule has 1 aliphatic heterocycles. The van der Waals surface area contributed by atoms with Gasteiger partial charge in [0.1, 0.15) is 12.2 Å². The van der Waals surface area contributed by atoms with Crippen molar-refractivity contribution in [1.29, 1.82) is 0 Å². The average Bonchev–Trinajstić information content (AvgIpc) is 2.87. The van der Waals surface area contributed by atoms with E-state index in [0.717, 1.165) is 26.7 Å². The number of aliphatic hydroxyl groups is 1. The van der Waals surface area contributed by atoms with Gasteiger partial charge in [-0.1, -0.05) is 96.5 Å². The zero-order valence-corrected chi connectivity index (χ0v) is 22.2. The van der Waals surface area contributed by atoms with E-state index in [1.807, 2.05) is 61.5 Å². The zero-order valence-electron chi connectivity index (χ0n) is 20.6. The van der Waals surface area contributed by atoms with E-state index in [0.29, 0.717) is 19.8 Å². The van der Waals surface area contributed by atoms with E-state index >= 15 is 0 Å². The molecule has 4 nitrogen and oxygen atoms in total. The third kappa shape index (κ3) is 6.60. The SMILES string of the molecule is Cc1cc(Br)ccc1[C@H](O)[C@H]1OC(COCc2ccccc2)[C@@H](C)[C@H](C)C1OCc1ccccc1. The van der Waals surface area contributed by atoms with Crippen LogP contribution in [0.15, 0.2) is 83.3 Å². The van der Waals surface area contributed by atoms with Crippen molar-refractivity contribution in [2.24, 2.45) is 11.8 Å². The van der Waals surface area contributed by atoms with Crippen LogP contribution in [0.1, 0.15) is 42.2 Å². The first-order valence-electron chi connectivity index (χ1n) is 12.3. The predicted octanol–water partition coefficient (Wildman–Crippen LogP) is 6.63. The van der Waals surface area contributed by atoms with Crippen molar-refractivity contribution < 1.29 is 19.3 Å². The normalized spacial score (nSPS) is 25.3. The molecule has 186 valence electrons. The van der Waals surface area contributed by atoms with Gasteiger partial charge in [-0.15, -0.1) is 0 Å². The maximum Gasteiger partial charge on any atom is 0.114 e. The van der Waals surface area contributed by atoms with Crippen LogP contribution in [-0.4, -0.2) is 30.0 Å². The average molecular weight is 540 g/mol. The van der Waals surface area contributed by atoms with Crippen molar-refractivity contribution >= 4 is 15.9 Å². The molecule has 1 N–H and O–H groups in total. The maximum atomic E-state index is 11.5. The van der Waals surface area contributed by atoms with E-state index in [1.165, 1.54) is 0 Å². The van der Waals surface area contributed by atoms with E-state index in [2.05, 4.69) is 54.0 Å². The van der Waals surface area contributed by atoms with E-state index < -0.39 is 12.2 Å². The number of benzene rings is 3. The summed E-state index contributed by atoms with van der Waals surface area (Å²) in [6.45, 7) is 7.88. The summed E-state index contributed by atoms with van der Waals surface area (Å²) >= 11 is 3.52. The van der Waals surface area contributed by atoms with Crippen molar-refractivity contribution in [3.63, 3.8) is 0 Å². The van der Waals surface area contributed by atoms with Crippen LogP contribution in [0.2, 0.25) is 0 Å². The topological polar surface area (TPSA) is 47.9 Å². The van der Waals surface area contributed by atoms with Gasteiger partial charge in [0.25, 0.3) is 0 Å². The molecule has 6 atom stereocenters. The molecule has 5 heteroatoms. The third-order valence-electron chi connectivity index (χ3n) is 7.13. The summed E-state index contributed by atoms with van der Waals surface area (Å²) in [5, 5.41) is 11.5. The highest BCUT2D eigenvalue weighted by molar-refractivity contribution is 9.10. The van der Waals surface area contributed by atoms with Crippen LogP contribution in [0.25, 0.3) is 0 Å². The molecule has 1 heterocycles. The number of aryl methyl sites for hydroxylation is 1. The van der Waals surface area contributed by atoms with E-state index in [9.17, 15) is 5.11 Å². The second-order valence-corrected chi connectivity index (χ2v) is 10.5. The maximum absolute atomic E-state index is 11.5. The van der Waals surface area contributed by atoms with Crippen LogP contribution in [-0.2, 0) is 27.4 Å². The second-order valence-electron chi connectivity index (χ2n) is 9.57. The molecule has 3 aromatic carbocycles. The fourth-order valence-corrected chi connectivity index (χ4v) is 5.29. The minimum Gasteiger partial charge on any atom is -0.386 e.